The van der Waals surface area contributed by atoms with Crippen molar-refractivity contribution in [1.29, 1.82) is 0 Å². The summed E-state index contributed by atoms with van der Waals surface area (Å²) in [5.74, 6) is -0.212. The Bertz CT molecular complexity index is 456. The van der Waals surface area contributed by atoms with Gasteiger partial charge in [-0.05, 0) is 19.8 Å². The summed E-state index contributed by atoms with van der Waals surface area (Å²) in [5, 5.41) is 6.81. The third kappa shape index (κ3) is 7.55. The number of aliphatic imine (C=N–C) groups is 1. The molecule has 3 unspecified atom stereocenters. The molecule has 3 atom stereocenters. The average Bonchev–Trinajstić information content (AvgIpc) is 2.90. The number of nitrogens with zero attached hydrogens (tertiary/aromatic N) is 2. The minimum Gasteiger partial charge on any atom is -0.339 e. The van der Waals surface area contributed by atoms with Crippen molar-refractivity contribution in [2.75, 3.05) is 13.1 Å². The molecule has 1 fully saturated rings. The van der Waals surface area contributed by atoms with Crippen LogP contribution in [0, 0.1) is 0 Å². The van der Waals surface area contributed by atoms with Gasteiger partial charge in [0.2, 0.25) is 5.91 Å². The summed E-state index contributed by atoms with van der Waals surface area (Å²) in [4.78, 5) is 15.9. The van der Waals surface area contributed by atoms with Crippen LogP contribution in [-0.4, -0.2) is 54.5 Å². The van der Waals surface area contributed by atoms with Crippen molar-refractivity contribution < 1.29 is 22.4 Å². The van der Waals surface area contributed by atoms with Gasteiger partial charge in [-0.15, -0.1) is 0 Å². The lowest BCUT2D eigenvalue weighted by Crippen LogP contribution is -2.52. The molecular weight excluding hydrogens is 342 g/mol. The fraction of sp³-hybridized carbons (Fsp3) is 0.867. The average molecular weight is 369 g/mol. The molecule has 0 aromatic carbocycles. The summed E-state index contributed by atoms with van der Waals surface area (Å²) >= 11 is 0. The summed E-state index contributed by atoms with van der Waals surface area (Å²) in [6.07, 6.45) is -5.25. The molecule has 146 valence electrons. The molecule has 1 aliphatic rings. The molecule has 0 spiro atoms. The van der Waals surface area contributed by atoms with Crippen LogP contribution in [-0.2, 0) is 4.79 Å². The highest BCUT2D eigenvalue weighted by atomic mass is 19.4. The van der Waals surface area contributed by atoms with Crippen molar-refractivity contribution in [3.05, 3.63) is 0 Å². The summed E-state index contributed by atoms with van der Waals surface area (Å²) < 4.78 is 51.7. The van der Waals surface area contributed by atoms with E-state index in [9.17, 15) is 22.4 Å². The van der Waals surface area contributed by atoms with E-state index in [0.29, 0.717) is 13.0 Å². The smallest absolute Gasteiger partial charge is 0.339 e. The number of guanidine groups is 1. The maximum atomic E-state index is 12.9. The monoisotopic (exact) mass is 369 g/mol. The Balaban J connectivity index is 2.78. The first-order chi connectivity index (χ1) is 11.7. The lowest BCUT2D eigenvalue weighted by molar-refractivity contribution is -0.156. The molecule has 1 heterocycles. The number of carbonyl (C=O) groups excluding carboxylic acids is 1. The highest BCUT2D eigenvalue weighted by Crippen LogP contribution is 2.28. The van der Waals surface area contributed by atoms with Crippen LogP contribution >= 0.6 is 0 Å². The molecule has 1 aliphatic heterocycles. The minimum absolute atomic E-state index is 0.0761. The van der Waals surface area contributed by atoms with Crippen LogP contribution in [0.1, 0.15) is 46.5 Å². The molecule has 0 aromatic rings. The molecular formula is C15H27F4N5O. The number of hydrazine groups is 1. The van der Waals surface area contributed by atoms with Crippen molar-refractivity contribution in [1.82, 2.24) is 21.1 Å². The second kappa shape index (κ2) is 9.91. The highest BCUT2D eigenvalue weighted by Gasteiger charge is 2.47. The van der Waals surface area contributed by atoms with E-state index >= 15 is 0 Å². The maximum Gasteiger partial charge on any atom is 0.405 e. The van der Waals surface area contributed by atoms with E-state index in [1.165, 1.54) is 11.9 Å². The first-order valence-electron chi connectivity index (χ1n) is 8.51. The predicted molar refractivity (Wildman–Crippen MR) is 87.4 cm³/mol. The maximum absolute atomic E-state index is 12.9. The Labute approximate surface area is 145 Å². The second-order valence-electron chi connectivity index (χ2n) is 6.00. The number of amides is 1. The SMILES string of the molecule is CCCC(=O)NC(=NCCC(C)F)NC1CC(C(F)(F)F)NN1CC. The van der Waals surface area contributed by atoms with Crippen LogP contribution in [0.15, 0.2) is 4.99 Å². The van der Waals surface area contributed by atoms with E-state index < -0.39 is 24.6 Å². The molecule has 6 nitrogen and oxygen atoms in total. The number of hydrogen-bond donors (Lipinski definition) is 3. The zero-order chi connectivity index (χ0) is 19.0. The van der Waals surface area contributed by atoms with E-state index in [4.69, 9.17) is 0 Å². The molecule has 0 aliphatic carbocycles. The van der Waals surface area contributed by atoms with Crippen molar-refractivity contribution in [3.8, 4) is 0 Å². The zero-order valence-corrected chi connectivity index (χ0v) is 14.8. The van der Waals surface area contributed by atoms with Crippen LogP contribution < -0.4 is 16.1 Å². The van der Waals surface area contributed by atoms with Crippen LogP contribution in [0.2, 0.25) is 0 Å². The Morgan fingerprint density at radius 1 is 1.40 bits per heavy atom. The van der Waals surface area contributed by atoms with Crippen molar-refractivity contribution in [3.63, 3.8) is 0 Å². The molecule has 1 saturated heterocycles. The molecule has 0 radical (unpaired) electrons. The molecule has 0 aromatic heterocycles. The topological polar surface area (TPSA) is 68.8 Å². The first kappa shape index (κ1) is 21.6. The molecule has 0 bridgehead atoms. The molecule has 0 saturated carbocycles. The first-order valence-corrected chi connectivity index (χ1v) is 8.51. The summed E-state index contributed by atoms with van der Waals surface area (Å²) in [6.45, 7) is 5.41. The third-order valence-electron chi connectivity index (χ3n) is 3.73. The fourth-order valence-electron chi connectivity index (χ4n) is 2.40. The number of alkyl halides is 4. The van der Waals surface area contributed by atoms with Gasteiger partial charge in [0.05, 0.1) is 12.3 Å². The van der Waals surface area contributed by atoms with E-state index in [1.807, 2.05) is 6.92 Å². The Kier molecular flexibility index (Phi) is 8.57. The predicted octanol–water partition coefficient (Wildman–Crippen LogP) is 2.08. The van der Waals surface area contributed by atoms with Crippen LogP contribution in [0.25, 0.3) is 0 Å². The number of nitrogens with one attached hydrogen (secondary N) is 3. The Morgan fingerprint density at radius 3 is 2.60 bits per heavy atom. The van der Waals surface area contributed by atoms with Crippen LogP contribution in [0.3, 0.4) is 0 Å². The molecule has 1 amide bonds. The normalized spacial score (nSPS) is 23.6. The molecule has 25 heavy (non-hydrogen) atoms. The fourth-order valence-corrected chi connectivity index (χ4v) is 2.40. The third-order valence-corrected chi connectivity index (χ3v) is 3.73. The van der Waals surface area contributed by atoms with Crippen molar-refractivity contribution >= 4 is 11.9 Å². The van der Waals surface area contributed by atoms with Gasteiger partial charge in [0.1, 0.15) is 6.04 Å². The standard InChI is InChI=1S/C15H27F4N5O/c1-4-6-13(25)22-14(20-8-7-10(3)16)21-12-9-11(15(17,18)19)23-24(12)5-2/h10-12,23H,4-9H2,1-3H3,(H2,20,21,22,25). The highest BCUT2D eigenvalue weighted by molar-refractivity contribution is 5.97. The summed E-state index contributed by atoms with van der Waals surface area (Å²) in [5.41, 5.74) is 2.41. The van der Waals surface area contributed by atoms with Crippen LogP contribution in [0.5, 0.6) is 0 Å². The van der Waals surface area contributed by atoms with Crippen LogP contribution in [0.4, 0.5) is 17.6 Å². The van der Waals surface area contributed by atoms with Gasteiger partial charge >= 0.3 is 6.18 Å². The lowest BCUT2D eigenvalue weighted by atomic mass is 10.2. The van der Waals surface area contributed by atoms with E-state index in [1.54, 1.807) is 6.92 Å². The van der Waals surface area contributed by atoms with Gasteiger partial charge in [-0.25, -0.2) is 14.8 Å². The van der Waals surface area contributed by atoms with Gasteiger partial charge in [0, 0.05) is 25.9 Å². The number of rotatable bonds is 7. The number of hydrogen-bond acceptors (Lipinski definition) is 4. The zero-order valence-electron chi connectivity index (χ0n) is 14.8. The minimum atomic E-state index is -4.36. The van der Waals surface area contributed by atoms with Crippen molar-refractivity contribution in [2.24, 2.45) is 4.99 Å². The van der Waals surface area contributed by atoms with Gasteiger partial charge in [0.15, 0.2) is 5.96 Å². The van der Waals surface area contributed by atoms with Crippen molar-refractivity contribution in [2.45, 2.75) is 71.0 Å². The van der Waals surface area contributed by atoms with Gasteiger partial charge in [-0.3, -0.25) is 15.1 Å². The Morgan fingerprint density at radius 2 is 2.08 bits per heavy atom. The lowest BCUT2D eigenvalue weighted by Gasteiger charge is -2.25. The van der Waals surface area contributed by atoms with Gasteiger partial charge in [-0.2, -0.15) is 13.2 Å². The number of carbonyl (C=O) groups is 1. The molecule has 3 N–H and O–H groups in total. The molecule has 1 rings (SSSR count). The largest absolute Gasteiger partial charge is 0.405 e. The van der Waals surface area contributed by atoms with E-state index in [-0.39, 0.29) is 37.7 Å². The van der Waals surface area contributed by atoms with E-state index in [2.05, 4.69) is 21.1 Å². The van der Waals surface area contributed by atoms with Gasteiger partial charge in [-0.1, -0.05) is 13.8 Å². The second-order valence-corrected chi connectivity index (χ2v) is 6.00. The van der Waals surface area contributed by atoms with Gasteiger partial charge in [0.25, 0.3) is 0 Å². The Hall–Kier alpha value is -1.42. The summed E-state index contributed by atoms with van der Waals surface area (Å²) in [6, 6.07) is -1.66. The van der Waals surface area contributed by atoms with Gasteiger partial charge < -0.3 is 5.32 Å². The molecule has 10 heteroatoms. The van der Waals surface area contributed by atoms with E-state index in [0.717, 1.165) is 0 Å². The quantitative estimate of drug-likeness (QED) is 0.365. The summed E-state index contributed by atoms with van der Waals surface area (Å²) in [7, 11) is 0. The number of halogens is 4.